The molecule has 2 saturated heterocycles. The molecule has 2 fully saturated rings. The number of nitrogens with two attached hydrogens (primary N) is 4. The molecule has 26 nitrogen and oxygen atoms in total. The van der Waals surface area contributed by atoms with Gasteiger partial charge in [-0.3, -0.25) is 57.5 Å². The van der Waals surface area contributed by atoms with Crippen LogP contribution in [0.25, 0.3) is 0 Å². The lowest BCUT2D eigenvalue weighted by molar-refractivity contribution is -0.146. The molecule has 3 rings (SSSR count). The minimum Gasteiger partial charge on any atom is -0.508 e. The van der Waals surface area contributed by atoms with Crippen molar-refractivity contribution in [1.82, 2.24) is 47.0 Å². The van der Waals surface area contributed by atoms with Crippen LogP contribution in [0.1, 0.15) is 92.1 Å². The maximum Gasteiger partial charge on any atom is 0.245 e. The minimum absolute atomic E-state index is 0.0374. The van der Waals surface area contributed by atoms with Crippen molar-refractivity contribution in [3.63, 3.8) is 0 Å². The maximum absolute atomic E-state index is 14.0. The number of piperazine rings is 1. The smallest absolute Gasteiger partial charge is 0.245 e. The summed E-state index contributed by atoms with van der Waals surface area (Å²) in [6, 6.07) is -5.86. The van der Waals surface area contributed by atoms with E-state index < -0.39 is 150 Å². The summed E-state index contributed by atoms with van der Waals surface area (Å²) in [6.07, 6.45) is -0.713. The summed E-state index contributed by atoms with van der Waals surface area (Å²) in [7, 11) is 0. The van der Waals surface area contributed by atoms with E-state index in [4.69, 9.17) is 22.9 Å². The average Bonchev–Trinajstić information content (AvgIpc) is 3.81. The number of nitrogens with zero attached hydrogens (tertiary/aromatic N) is 2. The quantitative estimate of drug-likeness (QED) is 0.0415. The summed E-state index contributed by atoms with van der Waals surface area (Å²) in [5.74, 6) is -10.7. The summed E-state index contributed by atoms with van der Waals surface area (Å²) in [6.45, 7) is 9.18. The number of nitrogens with one attached hydrogen (secondary N) is 7. The molecule has 1 aromatic carbocycles. The summed E-state index contributed by atoms with van der Waals surface area (Å²) in [4.78, 5) is 160. The molecule has 26 heteroatoms. The zero-order chi connectivity index (χ0) is 54.1. The highest BCUT2D eigenvalue weighted by atomic mass is 16.3. The second kappa shape index (κ2) is 27.3. The molecule has 2 heterocycles. The van der Waals surface area contributed by atoms with Crippen LogP contribution in [-0.2, 0) is 64.0 Å². The molecule has 72 heavy (non-hydrogen) atoms. The Morgan fingerprint density at radius 3 is 1.90 bits per heavy atom. The fourth-order valence-corrected chi connectivity index (χ4v) is 8.02. The molecule has 398 valence electrons. The highest BCUT2D eigenvalue weighted by Crippen LogP contribution is 2.21. The Labute approximate surface area is 416 Å². The van der Waals surface area contributed by atoms with E-state index in [9.17, 15) is 62.6 Å². The largest absolute Gasteiger partial charge is 0.508 e. The zero-order valence-electron chi connectivity index (χ0n) is 41.5. The lowest BCUT2D eigenvalue weighted by atomic mass is 9.96. The minimum atomic E-state index is -1.75. The molecule has 0 spiro atoms. The third-order valence-electron chi connectivity index (χ3n) is 12.2. The first-order chi connectivity index (χ1) is 33.7. The summed E-state index contributed by atoms with van der Waals surface area (Å²) in [5, 5.41) is 27.3. The number of rotatable bonds is 26. The van der Waals surface area contributed by atoms with Crippen molar-refractivity contribution in [3.8, 4) is 5.75 Å². The standard InChI is InChI=1S/C46H71N13O13/c1-7-23(4)37(57-42(68)29(54-39(65)24(5)47)18-26-10-12-27(60)13-11-26)44(70)53-28(14-15-34(48)61)40(66)55-30(19-35(49)62)41(67)51-25(6)45(71)59-16-8-9-33(59)43(69)56-31(17-22(2)3)46(72)58-20-32(38(50)64)52-36(63)21-58/h10-13,22-25,28-33,37,60H,7-9,14-21,47H2,1-6H3,(H2,48,61)(H2,49,62)(H2,50,64)(H,51,67)(H,52,63)(H,53,70)(H,54,65)(H,55,66)(H,56,69)(H,57,68)/t23-,24-,25-,28-,29-,30-,31-,32+,33-,37-/m0/s1. The van der Waals surface area contributed by atoms with Crippen LogP contribution < -0.4 is 60.2 Å². The zero-order valence-corrected chi connectivity index (χ0v) is 41.5. The van der Waals surface area contributed by atoms with Crippen LogP contribution >= 0.6 is 0 Å². The Morgan fingerprint density at radius 1 is 0.736 bits per heavy atom. The summed E-state index contributed by atoms with van der Waals surface area (Å²) in [5.41, 5.74) is 22.5. The van der Waals surface area contributed by atoms with E-state index in [-0.39, 0.29) is 50.6 Å². The van der Waals surface area contributed by atoms with Gasteiger partial charge in [-0.05, 0) is 69.1 Å². The van der Waals surface area contributed by atoms with Gasteiger partial charge in [-0.1, -0.05) is 46.2 Å². The molecule has 12 amide bonds. The Balaban J connectivity index is 1.79. The molecule has 0 unspecified atom stereocenters. The van der Waals surface area contributed by atoms with Crippen molar-refractivity contribution in [2.24, 2.45) is 34.8 Å². The normalized spacial score (nSPS) is 18.9. The van der Waals surface area contributed by atoms with Gasteiger partial charge in [0.05, 0.1) is 25.6 Å². The van der Waals surface area contributed by atoms with E-state index >= 15 is 0 Å². The first-order valence-corrected chi connectivity index (χ1v) is 23.8. The van der Waals surface area contributed by atoms with E-state index in [1.165, 1.54) is 43.0 Å². The highest BCUT2D eigenvalue weighted by molar-refractivity contribution is 6.00. The molecule has 10 atom stereocenters. The SMILES string of the molecule is CC[C@H](C)[C@H](NC(=O)[C@H](Cc1ccc(O)cc1)NC(=O)[C@H](C)N)C(=O)N[C@@H](CCC(N)=O)C(=O)N[C@@H](CC(N)=O)C(=O)N[C@@H](C)C(=O)N1CCC[C@H]1C(=O)N[C@@H](CC(C)C)C(=O)N1CC(=O)N[C@@H](C(N)=O)C1. The van der Waals surface area contributed by atoms with Crippen LogP contribution in [0.4, 0.5) is 0 Å². The Hall–Kier alpha value is -7.38. The number of amides is 12. The third-order valence-corrected chi connectivity index (χ3v) is 12.2. The molecule has 1 aromatic rings. The van der Waals surface area contributed by atoms with E-state index in [0.717, 1.165) is 4.90 Å². The van der Waals surface area contributed by atoms with E-state index in [0.29, 0.717) is 18.4 Å². The fourth-order valence-electron chi connectivity index (χ4n) is 8.02. The van der Waals surface area contributed by atoms with E-state index in [1.807, 2.05) is 13.8 Å². The predicted octanol–water partition coefficient (Wildman–Crippen LogP) is -4.75. The van der Waals surface area contributed by atoms with E-state index in [2.05, 4.69) is 37.2 Å². The van der Waals surface area contributed by atoms with Crippen molar-refractivity contribution in [2.45, 2.75) is 147 Å². The number of carbonyl (C=O) groups excluding carboxylic acids is 12. The van der Waals surface area contributed by atoms with Gasteiger partial charge in [0, 0.05) is 19.4 Å². The van der Waals surface area contributed by atoms with Crippen molar-refractivity contribution in [1.29, 1.82) is 0 Å². The van der Waals surface area contributed by atoms with Gasteiger partial charge in [-0.25, -0.2) is 0 Å². The molecular weight excluding hydrogens is 943 g/mol. The summed E-state index contributed by atoms with van der Waals surface area (Å²) < 4.78 is 0. The molecule has 0 aromatic heterocycles. The van der Waals surface area contributed by atoms with Crippen molar-refractivity contribution >= 4 is 70.9 Å². The van der Waals surface area contributed by atoms with Gasteiger partial charge in [-0.2, -0.15) is 0 Å². The second-order valence-corrected chi connectivity index (χ2v) is 18.7. The number of phenols is 1. The van der Waals surface area contributed by atoms with Gasteiger partial charge in [-0.15, -0.1) is 0 Å². The van der Waals surface area contributed by atoms with Gasteiger partial charge in [0.15, 0.2) is 0 Å². The number of hydrogen-bond acceptors (Lipinski definition) is 14. The number of likely N-dealkylation sites (tertiary alicyclic amines) is 1. The molecule has 2 aliphatic heterocycles. The van der Waals surface area contributed by atoms with Gasteiger partial charge < -0.3 is 75.1 Å². The third kappa shape index (κ3) is 17.8. The van der Waals surface area contributed by atoms with Crippen LogP contribution in [0.15, 0.2) is 24.3 Å². The maximum atomic E-state index is 14.0. The molecule has 0 aliphatic carbocycles. The number of primary amides is 3. The van der Waals surface area contributed by atoms with Crippen molar-refractivity contribution in [3.05, 3.63) is 29.8 Å². The molecule has 2 aliphatic rings. The number of benzene rings is 1. The molecule has 0 bridgehead atoms. The van der Waals surface area contributed by atoms with Crippen LogP contribution in [0.2, 0.25) is 0 Å². The molecule has 0 radical (unpaired) electrons. The molecule has 0 saturated carbocycles. The monoisotopic (exact) mass is 1010 g/mol. The fraction of sp³-hybridized carbons (Fsp3) is 0.609. The number of aromatic hydroxyl groups is 1. The van der Waals surface area contributed by atoms with Gasteiger partial charge in [0.2, 0.25) is 70.9 Å². The molecular formula is C46H71N13O13. The lowest BCUT2D eigenvalue weighted by Gasteiger charge is -2.35. The number of phenolic OH excluding ortho intramolecular Hbond substituents is 1. The van der Waals surface area contributed by atoms with Gasteiger partial charge in [0.1, 0.15) is 54.1 Å². The van der Waals surface area contributed by atoms with Crippen LogP contribution in [0.5, 0.6) is 5.75 Å². The number of carbonyl (C=O) groups is 12. The number of hydrogen-bond donors (Lipinski definition) is 12. The predicted molar refractivity (Wildman–Crippen MR) is 256 cm³/mol. The van der Waals surface area contributed by atoms with Crippen LogP contribution in [0, 0.1) is 11.8 Å². The first kappa shape index (κ1) is 58.9. The average molecular weight is 1010 g/mol. The van der Waals surface area contributed by atoms with Gasteiger partial charge >= 0.3 is 0 Å². The summed E-state index contributed by atoms with van der Waals surface area (Å²) >= 11 is 0. The van der Waals surface area contributed by atoms with Crippen molar-refractivity contribution < 1.29 is 62.6 Å². The van der Waals surface area contributed by atoms with Crippen molar-refractivity contribution in [2.75, 3.05) is 19.6 Å². The van der Waals surface area contributed by atoms with E-state index in [1.54, 1.807) is 13.8 Å². The van der Waals surface area contributed by atoms with Crippen LogP contribution in [0.3, 0.4) is 0 Å². The second-order valence-electron chi connectivity index (χ2n) is 18.7. The first-order valence-electron chi connectivity index (χ1n) is 23.8. The Morgan fingerprint density at radius 2 is 1.33 bits per heavy atom. The lowest BCUT2D eigenvalue weighted by Crippen LogP contribution is -2.63. The topological polar surface area (TPSA) is 420 Å². The Kier molecular flexibility index (Phi) is 22.3. The van der Waals surface area contributed by atoms with Crippen LogP contribution in [-0.4, -0.2) is 160 Å². The molecule has 16 N–H and O–H groups in total. The Bertz CT molecular complexity index is 2190. The highest BCUT2D eigenvalue weighted by Gasteiger charge is 2.41. The van der Waals surface area contributed by atoms with Gasteiger partial charge in [0.25, 0.3) is 0 Å².